The van der Waals surface area contributed by atoms with Gasteiger partial charge in [-0.2, -0.15) is 10.1 Å². The summed E-state index contributed by atoms with van der Waals surface area (Å²) in [5.74, 6) is 0.464. The molecule has 1 saturated heterocycles. The van der Waals surface area contributed by atoms with Crippen LogP contribution in [0.4, 0.5) is 17.3 Å². The molecule has 0 unspecified atom stereocenters. The Balaban J connectivity index is 1.28. The lowest BCUT2D eigenvalue weighted by Crippen LogP contribution is -2.44. The van der Waals surface area contributed by atoms with E-state index in [1.807, 2.05) is 51.5 Å². The molecule has 3 aromatic heterocycles. The zero-order chi connectivity index (χ0) is 27.8. The van der Waals surface area contributed by atoms with Crippen LogP contribution in [0.3, 0.4) is 0 Å². The van der Waals surface area contributed by atoms with Crippen molar-refractivity contribution in [3.63, 3.8) is 0 Å². The van der Waals surface area contributed by atoms with Gasteiger partial charge in [-0.1, -0.05) is 18.2 Å². The zero-order valence-corrected chi connectivity index (χ0v) is 23.4. The third kappa shape index (κ3) is 4.96. The molecule has 4 heterocycles. The molecule has 0 saturated carbocycles. The van der Waals surface area contributed by atoms with Gasteiger partial charge in [0, 0.05) is 80.1 Å². The number of nitrogens with one attached hydrogen (secondary N) is 1. The van der Waals surface area contributed by atoms with Crippen molar-refractivity contribution in [1.82, 2.24) is 29.2 Å². The average molecular weight is 535 g/mol. The largest absolute Gasteiger partial charge is 0.369 e. The van der Waals surface area contributed by atoms with E-state index in [4.69, 9.17) is 4.98 Å². The zero-order valence-electron chi connectivity index (χ0n) is 23.4. The molecule has 40 heavy (non-hydrogen) atoms. The highest BCUT2D eigenvalue weighted by Crippen LogP contribution is 2.29. The maximum Gasteiger partial charge on any atom is 0.260 e. The van der Waals surface area contributed by atoms with E-state index in [-0.39, 0.29) is 5.56 Å². The number of nitrogens with zero attached hydrogens (tertiary/aromatic N) is 7. The van der Waals surface area contributed by atoms with Gasteiger partial charge in [0.15, 0.2) is 0 Å². The van der Waals surface area contributed by atoms with Crippen molar-refractivity contribution in [2.75, 3.05) is 43.4 Å². The van der Waals surface area contributed by atoms with Crippen molar-refractivity contribution >= 4 is 28.4 Å². The fourth-order valence-electron chi connectivity index (χ4n) is 5.37. The smallest absolute Gasteiger partial charge is 0.260 e. The maximum absolute atomic E-state index is 13.7. The summed E-state index contributed by atoms with van der Waals surface area (Å²) in [5, 5.41) is 8.41. The minimum atomic E-state index is -0.0617. The Morgan fingerprint density at radius 1 is 0.900 bits per heavy atom. The van der Waals surface area contributed by atoms with Crippen molar-refractivity contribution in [2.24, 2.45) is 7.05 Å². The minimum absolute atomic E-state index is 0.0617. The number of hydrogen-bond acceptors (Lipinski definition) is 7. The van der Waals surface area contributed by atoms with Gasteiger partial charge in [0.2, 0.25) is 5.95 Å². The second kappa shape index (κ2) is 10.6. The van der Waals surface area contributed by atoms with E-state index in [2.05, 4.69) is 62.6 Å². The molecular weight excluding hydrogens is 500 g/mol. The quantitative estimate of drug-likeness (QED) is 0.339. The predicted octanol–water partition coefficient (Wildman–Crippen LogP) is 4.68. The number of aryl methyl sites for hydroxylation is 3. The highest BCUT2D eigenvalue weighted by molar-refractivity contribution is 5.83. The second-order valence-corrected chi connectivity index (χ2v) is 10.5. The molecule has 0 spiro atoms. The molecule has 0 atom stereocenters. The van der Waals surface area contributed by atoms with E-state index in [9.17, 15) is 4.79 Å². The Morgan fingerprint density at radius 2 is 1.68 bits per heavy atom. The summed E-state index contributed by atoms with van der Waals surface area (Å²) < 4.78 is 3.51. The van der Waals surface area contributed by atoms with Crippen LogP contribution in [0, 0.1) is 6.92 Å². The van der Waals surface area contributed by atoms with E-state index in [0.29, 0.717) is 23.7 Å². The van der Waals surface area contributed by atoms with Crippen LogP contribution in [0.15, 0.2) is 71.9 Å². The number of hydrogen-bond donors (Lipinski definition) is 1. The minimum Gasteiger partial charge on any atom is -0.369 e. The molecule has 0 radical (unpaired) electrons. The van der Waals surface area contributed by atoms with Crippen molar-refractivity contribution in [1.29, 1.82) is 0 Å². The number of pyridine rings is 1. The van der Waals surface area contributed by atoms with Gasteiger partial charge in [0.1, 0.15) is 5.65 Å². The molecule has 0 amide bonds. The van der Waals surface area contributed by atoms with Gasteiger partial charge in [0.05, 0.1) is 6.20 Å². The summed E-state index contributed by atoms with van der Waals surface area (Å²) in [4.78, 5) is 27.7. The van der Waals surface area contributed by atoms with Crippen molar-refractivity contribution in [3.05, 3.63) is 83.0 Å². The first-order chi connectivity index (χ1) is 19.4. The summed E-state index contributed by atoms with van der Waals surface area (Å²) >= 11 is 0. The molecule has 0 bridgehead atoms. The maximum atomic E-state index is 13.7. The summed E-state index contributed by atoms with van der Waals surface area (Å²) in [6, 6.07) is 16.4. The van der Waals surface area contributed by atoms with Crippen LogP contribution in [-0.2, 0) is 13.6 Å². The lowest BCUT2D eigenvalue weighted by Gasteiger charge is -2.34. The average Bonchev–Trinajstić information content (AvgIpc) is 3.40. The van der Waals surface area contributed by atoms with Crippen LogP contribution in [0.2, 0.25) is 0 Å². The third-order valence-electron chi connectivity index (χ3n) is 7.69. The molecule has 1 N–H and O–H groups in total. The molecule has 204 valence electrons. The normalized spacial score (nSPS) is 14.2. The van der Waals surface area contributed by atoms with Gasteiger partial charge in [-0.05, 0) is 67.9 Å². The van der Waals surface area contributed by atoms with E-state index in [1.165, 1.54) is 5.69 Å². The van der Waals surface area contributed by atoms with Gasteiger partial charge < -0.3 is 15.1 Å². The van der Waals surface area contributed by atoms with E-state index in [0.717, 1.165) is 59.5 Å². The number of rotatable bonds is 6. The summed E-state index contributed by atoms with van der Waals surface area (Å²) in [6.45, 7) is 8.71. The van der Waals surface area contributed by atoms with Gasteiger partial charge >= 0.3 is 0 Å². The van der Waals surface area contributed by atoms with E-state index >= 15 is 0 Å². The fraction of sp³-hybridized carbons (Fsp3) is 0.290. The van der Waals surface area contributed by atoms with Crippen LogP contribution in [0.25, 0.3) is 33.3 Å². The van der Waals surface area contributed by atoms with Crippen molar-refractivity contribution in [3.8, 4) is 22.3 Å². The Hall–Kier alpha value is -4.50. The Morgan fingerprint density at radius 3 is 2.35 bits per heavy atom. The van der Waals surface area contributed by atoms with Gasteiger partial charge in [0.25, 0.3) is 5.56 Å². The van der Waals surface area contributed by atoms with Crippen LogP contribution in [-0.4, -0.2) is 62.4 Å². The van der Waals surface area contributed by atoms with E-state index in [1.54, 1.807) is 15.4 Å². The molecule has 9 heteroatoms. The van der Waals surface area contributed by atoms with E-state index < -0.39 is 0 Å². The Labute approximate surface area is 233 Å². The molecular formula is C31H34N8O. The van der Waals surface area contributed by atoms with Crippen LogP contribution in [0.5, 0.6) is 0 Å². The Kier molecular flexibility index (Phi) is 6.81. The number of fused-ring (bicyclic) bond motifs is 1. The van der Waals surface area contributed by atoms with Gasteiger partial charge in [-0.3, -0.25) is 14.0 Å². The van der Waals surface area contributed by atoms with Crippen LogP contribution < -0.4 is 15.8 Å². The number of likely N-dealkylation sites (N-methyl/N-ethyl adjacent to an activating group) is 1. The fourth-order valence-corrected chi connectivity index (χ4v) is 5.37. The molecule has 0 aliphatic carbocycles. The first-order valence-corrected chi connectivity index (χ1v) is 13.7. The SMILES string of the molecule is CCn1c(=O)c(-c2ccc(-c3cnn(C)c3)cc2C)cc2cnc(Nc3ccc(N4CCN(C)CC4)cc3)nc21. The molecule has 5 aromatic rings. The molecule has 9 nitrogen and oxygen atoms in total. The first kappa shape index (κ1) is 25.8. The molecule has 2 aromatic carbocycles. The standard InChI is InChI=1S/C31H34N8O/c1-5-39-29-23(17-28(30(39)40)27-11-6-22(16-21(27)2)24-19-33-37(4)20-24)18-32-31(35-29)34-25-7-9-26(10-8-25)38-14-12-36(3)13-15-38/h6-11,16-20H,5,12-15H2,1-4H3,(H,32,34,35). The topological polar surface area (TPSA) is 84.1 Å². The Bertz CT molecular complexity index is 1730. The molecule has 1 fully saturated rings. The second-order valence-electron chi connectivity index (χ2n) is 10.5. The van der Waals surface area contributed by atoms with Crippen molar-refractivity contribution in [2.45, 2.75) is 20.4 Å². The number of aromatic nitrogens is 5. The summed E-state index contributed by atoms with van der Waals surface area (Å²) in [7, 11) is 4.07. The van der Waals surface area contributed by atoms with Crippen molar-refractivity contribution < 1.29 is 0 Å². The number of anilines is 3. The third-order valence-corrected chi connectivity index (χ3v) is 7.69. The lowest BCUT2D eigenvalue weighted by atomic mass is 9.97. The van der Waals surface area contributed by atoms with Gasteiger partial charge in [-0.25, -0.2) is 4.98 Å². The monoisotopic (exact) mass is 534 g/mol. The van der Waals surface area contributed by atoms with Crippen LogP contribution in [0.1, 0.15) is 12.5 Å². The lowest BCUT2D eigenvalue weighted by molar-refractivity contribution is 0.313. The first-order valence-electron chi connectivity index (χ1n) is 13.7. The molecule has 1 aliphatic rings. The molecule has 1 aliphatic heterocycles. The highest BCUT2D eigenvalue weighted by Gasteiger charge is 2.16. The highest BCUT2D eigenvalue weighted by atomic mass is 16.1. The summed E-state index contributed by atoms with van der Waals surface area (Å²) in [5.41, 5.74) is 7.38. The predicted molar refractivity (Wildman–Crippen MR) is 161 cm³/mol. The summed E-state index contributed by atoms with van der Waals surface area (Å²) in [6.07, 6.45) is 5.62. The van der Waals surface area contributed by atoms with Gasteiger partial charge in [-0.15, -0.1) is 0 Å². The molecule has 6 rings (SSSR count). The van der Waals surface area contributed by atoms with Crippen LogP contribution >= 0.6 is 0 Å². The number of piperazine rings is 1. The number of benzene rings is 2.